The van der Waals surface area contributed by atoms with Gasteiger partial charge in [-0.15, -0.1) is 0 Å². The minimum Gasteiger partial charge on any atom is -0.274 e. The van der Waals surface area contributed by atoms with E-state index < -0.39 is 16.7 Å². The van der Waals surface area contributed by atoms with Gasteiger partial charge in [-0.2, -0.15) is 18.3 Å². The van der Waals surface area contributed by atoms with Crippen LogP contribution in [0, 0.1) is 10.1 Å². The molecular weight excluding hydrogens is 406 g/mol. The molecule has 25 heavy (non-hydrogen) atoms. The van der Waals surface area contributed by atoms with Gasteiger partial charge in [0.1, 0.15) is 0 Å². The van der Waals surface area contributed by atoms with Gasteiger partial charge in [0.15, 0.2) is 5.17 Å². The van der Waals surface area contributed by atoms with Gasteiger partial charge < -0.3 is 0 Å². The van der Waals surface area contributed by atoms with Crippen LogP contribution in [0.1, 0.15) is 11.1 Å². The van der Waals surface area contributed by atoms with Crippen molar-refractivity contribution in [3.05, 3.63) is 67.7 Å². The molecule has 132 valence electrons. The van der Waals surface area contributed by atoms with Gasteiger partial charge in [0.05, 0.1) is 26.2 Å². The van der Waals surface area contributed by atoms with Crippen molar-refractivity contribution in [1.29, 1.82) is 0 Å². The highest BCUT2D eigenvalue weighted by atomic mass is 35.5. The summed E-state index contributed by atoms with van der Waals surface area (Å²) < 4.78 is 38.0. The zero-order chi connectivity index (χ0) is 18.8. The van der Waals surface area contributed by atoms with Gasteiger partial charge >= 0.3 is 6.18 Å². The fourth-order valence-corrected chi connectivity index (χ4v) is 2.47. The van der Waals surface area contributed by atoms with Gasteiger partial charge in [-0.3, -0.25) is 15.5 Å². The van der Waals surface area contributed by atoms with Crippen LogP contribution in [0.3, 0.4) is 0 Å². The number of anilines is 1. The molecule has 0 aromatic heterocycles. The number of hydrogen-bond acceptors (Lipinski definition) is 4. The quantitative estimate of drug-likeness (QED) is 0.384. The number of nitrogens with zero attached hydrogens (tertiary/aromatic N) is 2. The SMILES string of the molecule is O=[N+]([O-])c1ccc(/C(Cl)=N/Nc2c(Cl)cc(C(F)(F)F)cc2Cl)cc1. The molecule has 0 amide bonds. The van der Waals surface area contributed by atoms with Crippen molar-refractivity contribution < 1.29 is 18.1 Å². The maximum atomic E-state index is 12.7. The number of hydrazone groups is 1. The maximum Gasteiger partial charge on any atom is 0.416 e. The highest BCUT2D eigenvalue weighted by Crippen LogP contribution is 2.38. The summed E-state index contributed by atoms with van der Waals surface area (Å²) in [5.74, 6) is 0. The van der Waals surface area contributed by atoms with Gasteiger partial charge in [0.25, 0.3) is 5.69 Å². The molecule has 0 bridgehead atoms. The number of hydrogen-bond donors (Lipinski definition) is 1. The first-order chi connectivity index (χ1) is 11.6. The summed E-state index contributed by atoms with van der Waals surface area (Å²) in [6, 6.07) is 6.58. The lowest BCUT2D eigenvalue weighted by molar-refractivity contribution is -0.384. The zero-order valence-electron chi connectivity index (χ0n) is 11.9. The van der Waals surface area contributed by atoms with E-state index in [9.17, 15) is 23.3 Å². The zero-order valence-corrected chi connectivity index (χ0v) is 14.2. The van der Waals surface area contributed by atoms with Gasteiger partial charge in [-0.05, 0) is 24.3 Å². The standard InChI is InChI=1S/C14H7Cl3F3N3O2/c15-10-5-8(14(18,19)20)6-11(16)12(10)21-22-13(17)7-1-3-9(4-2-7)23(24)25/h1-6,21H/b22-13-. The molecule has 0 fully saturated rings. The van der Waals surface area contributed by atoms with Crippen molar-refractivity contribution in [2.45, 2.75) is 6.18 Å². The fraction of sp³-hybridized carbons (Fsp3) is 0.0714. The molecule has 2 aromatic carbocycles. The molecule has 0 aliphatic carbocycles. The lowest BCUT2D eigenvalue weighted by Gasteiger charge is -2.12. The molecule has 0 radical (unpaired) electrons. The van der Waals surface area contributed by atoms with Crippen LogP contribution in [-0.4, -0.2) is 10.1 Å². The van der Waals surface area contributed by atoms with E-state index >= 15 is 0 Å². The lowest BCUT2D eigenvalue weighted by Crippen LogP contribution is -2.06. The van der Waals surface area contributed by atoms with Gasteiger partial charge in [0, 0.05) is 17.7 Å². The summed E-state index contributed by atoms with van der Waals surface area (Å²) in [6.45, 7) is 0. The van der Waals surface area contributed by atoms with Crippen LogP contribution in [0.4, 0.5) is 24.5 Å². The Bertz CT molecular complexity index is 816. The number of nitro benzene ring substituents is 1. The molecule has 1 N–H and O–H groups in total. The van der Waals surface area contributed by atoms with Gasteiger partial charge in [-0.25, -0.2) is 0 Å². The summed E-state index contributed by atoms with van der Waals surface area (Å²) in [6.07, 6.45) is -4.59. The Hall–Kier alpha value is -2.03. The lowest BCUT2D eigenvalue weighted by atomic mass is 10.2. The van der Waals surface area contributed by atoms with Gasteiger partial charge in [-0.1, -0.05) is 34.8 Å². The Labute approximate surface area is 154 Å². The van der Waals surface area contributed by atoms with Crippen LogP contribution >= 0.6 is 34.8 Å². The fourth-order valence-electron chi connectivity index (χ4n) is 1.73. The normalized spacial score (nSPS) is 12.2. The predicted molar refractivity (Wildman–Crippen MR) is 90.6 cm³/mol. The Morgan fingerprint density at radius 3 is 2.08 bits per heavy atom. The minimum absolute atomic E-state index is 0.0589. The highest BCUT2D eigenvalue weighted by molar-refractivity contribution is 6.69. The number of rotatable bonds is 4. The second kappa shape index (κ2) is 7.47. The molecule has 0 aliphatic heterocycles. The number of non-ortho nitro benzene ring substituents is 1. The number of benzene rings is 2. The molecule has 0 heterocycles. The van der Waals surface area contributed by atoms with Crippen molar-refractivity contribution in [2.75, 3.05) is 5.43 Å². The van der Waals surface area contributed by atoms with E-state index in [0.29, 0.717) is 17.7 Å². The second-order valence-corrected chi connectivity index (χ2v) is 5.80. The Balaban J connectivity index is 2.24. The first-order valence-corrected chi connectivity index (χ1v) is 7.53. The Kier molecular flexibility index (Phi) is 5.76. The third-order valence-corrected chi connectivity index (χ3v) is 3.85. The summed E-state index contributed by atoms with van der Waals surface area (Å²) >= 11 is 17.5. The van der Waals surface area contributed by atoms with Crippen molar-refractivity contribution in [3.63, 3.8) is 0 Å². The molecular formula is C14H7Cl3F3N3O2. The van der Waals surface area contributed by atoms with Crippen molar-refractivity contribution >= 4 is 51.3 Å². The third kappa shape index (κ3) is 4.75. The molecule has 0 spiro atoms. The summed E-state index contributed by atoms with van der Waals surface area (Å²) in [7, 11) is 0. The van der Waals surface area contributed by atoms with Crippen LogP contribution in [0.2, 0.25) is 10.0 Å². The van der Waals surface area contributed by atoms with Crippen LogP contribution in [0.25, 0.3) is 0 Å². The van der Waals surface area contributed by atoms with E-state index in [1.54, 1.807) is 0 Å². The average Bonchev–Trinajstić information content (AvgIpc) is 2.52. The Morgan fingerprint density at radius 1 is 1.12 bits per heavy atom. The van der Waals surface area contributed by atoms with Crippen LogP contribution in [0.5, 0.6) is 0 Å². The van der Waals surface area contributed by atoms with E-state index in [-0.39, 0.29) is 26.6 Å². The topological polar surface area (TPSA) is 67.5 Å². The van der Waals surface area contributed by atoms with Gasteiger partial charge in [0.2, 0.25) is 0 Å². The minimum atomic E-state index is -4.59. The monoisotopic (exact) mass is 411 g/mol. The first kappa shape index (κ1) is 19.3. The molecule has 2 aromatic rings. The van der Waals surface area contributed by atoms with E-state index in [1.165, 1.54) is 24.3 Å². The van der Waals surface area contributed by atoms with Crippen molar-refractivity contribution in [1.82, 2.24) is 0 Å². The number of alkyl halides is 3. The molecule has 0 saturated carbocycles. The predicted octanol–water partition coefficient (Wildman–Crippen LogP) is 5.93. The van der Waals surface area contributed by atoms with Crippen LogP contribution < -0.4 is 5.43 Å². The molecule has 11 heteroatoms. The smallest absolute Gasteiger partial charge is 0.274 e. The molecule has 0 saturated heterocycles. The molecule has 0 aliphatic rings. The van der Waals surface area contributed by atoms with E-state index in [2.05, 4.69) is 10.5 Å². The molecule has 5 nitrogen and oxygen atoms in total. The van der Waals surface area contributed by atoms with E-state index in [4.69, 9.17) is 34.8 Å². The summed E-state index contributed by atoms with van der Waals surface area (Å²) in [5, 5.41) is 13.7. The molecule has 0 unspecified atom stereocenters. The molecule has 0 atom stereocenters. The number of halogens is 6. The third-order valence-electron chi connectivity index (χ3n) is 2.95. The Morgan fingerprint density at radius 2 is 1.64 bits per heavy atom. The highest BCUT2D eigenvalue weighted by Gasteiger charge is 2.32. The molecule has 2 rings (SSSR count). The van der Waals surface area contributed by atoms with Crippen LogP contribution in [0.15, 0.2) is 41.5 Å². The largest absolute Gasteiger partial charge is 0.416 e. The van der Waals surface area contributed by atoms with E-state index in [0.717, 1.165) is 0 Å². The average molecular weight is 413 g/mol. The number of nitro groups is 1. The van der Waals surface area contributed by atoms with Crippen molar-refractivity contribution in [3.8, 4) is 0 Å². The van der Waals surface area contributed by atoms with Crippen LogP contribution in [-0.2, 0) is 6.18 Å². The first-order valence-electron chi connectivity index (χ1n) is 6.40. The van der Waals surface area contributed by atoms with E-state index in [1.807, 2.05) is 0 Å². The summed E-state index contributed by atoms with van der Waals surface area (Å²) in [5.41, 5.74) is 1.54. The van der Waals surface area contributed by atoms with Crippen molar-refractivity contribution in [2.24, 2.45) is 5.10 Å². The maximum absolute atomic E-state index is 12.7. The second-order valence-electron chi connectivity index (χ2n) is 4.63. The summed E-state index contributed by atoms with van der Waals surface area (Å²) in [4.78, 5) is 10.0. The number of nitrogens with one attached hydrogen (secondary N) is 1.